The lowest BCUT2D eigenvalue weighted by Gasteiger charge is -2.29. The quantitative estimate of drug-likeness (QED) is 0.0197. The van der Waals surface area contributed by atoms with Crippen LogP contribution in [0.4, 0.5) is 0 Å². The summed E-state index contributed by atoms with van der Waals surface area (Å²) in [5.41, 5.74) is 13.7. The zero-order chi connectivity index (χ0) is 79.5. The highest BCUT2D eigenvalue weighted by Crippen LogP contribution is 2.48. The van der Waals surface area contributed by atoms with Gasteiger partial charge in [0.2, 0.25) is 0 Å². The molecule has 0 unspecified atom stereocenters. The smallest absolute Gasteiger partial charge is 0.373 e. The normalized spacial score (nSPS) is 12.4. The number of carbonyl (C=O) groups excluding carboxylic acids is 9. The molecule has 2 aliphatic heterocycles. The van der Waals surface area contributed by atoms with E-state index in [1.165, 1.54) is 51.9 Å². The molecular weight excluding hydrogens is 1560 g/mol. The molecule has 0 radical (unpaired) electrons. The van der Waals surface area contributed by atoms with Crippen LogP contribution in [0.25, 0.3) is 86.7 Å². The number of hydrogen-bond donors (Lipinski definition) is 1. The molecule has 113 heavy (non-hydrogen) atoms. The number of amides is 4. The molecule has 0 atom stereocenters. The fraction of sp³-hybridized carbons (Fsp3) is 0.159. The Kier molecular flexibility index (Phi) is 23.3. The summed E-state index contributed by atoms with van der Waals surface area (Å²) in [5.74, 6) is -3.75. The van der Waals surface area contributed by atoms with E-state index in [0.717, 1.165) is 48.9 Å². The van der Waals surface area contributed by atoms with Crippen molar-refractivity contribution < 1.29 is 57.4 Å². The van der Waals surface area contributed by atoms with Crippen molar-refractivity contribution in [2.24, 2.45) is 5.73 Å². The van der Waals surface area contributed by atoms with Gasteiger partial charge in [0.25, 0.3) is 23.6 Å². The standard InChI is InChI=1S/C41H28Cl6N2O6.C38H24N4O4.C8H11N.CO2/c1-3-5-7-19-17-48-35-23-9-11-25(41(52)55-38-29(46)15-21(43)16-30(38)47)32-26(39(50)53-12-6-4-2)18-49-36(34(23)32)22-8-10-24(31(19)33(22)35)40(51)54-37-27(44)13-20(42)14-28(37)45;43-35-25-13-11-23-31-29(25)27(37(45)41(35)17-15-21-7-3-1-4-8-21)19-39-33(31)24-12-14-26-30-28(20-40-34(23)32(24)30)38(46)42(36(26)44)18-16-22-9-5-2-6-10-22;9-7-6-8-4-2-1-3-5-8;2-1-3/h8-11,13-18H,3-7,12H2,1-2H3;1-14,19-20H,15-18H2;1-5H,6-7,9H2;. The van der Waals surface area contributed by atoms with Gasteiger partial charge in [-0.1, -0.05) is 212 Å². The molecule has 564 valence electrons. The number of ether oxygens (including phenoxy) is 3. The van der Waals surface area contributed by atoms with Crippen molar-refractivity contribution >= 4 is 204 Å². The lowest BCUT2D eigenvalue weighted by atomic mass is 9.86. The van der Waals surface area contributed by atoms with Crippen LogP contribution in [0.3, 0.4) is 0 Å². The Balaban J connectivity index is 0.000000165. The number of halogens is 6. The minimum atomic E-state index is -0.839. The van der Waals surface area contributed by atoms with Crippen LogP contribution in [0.15, 0.2) is 189 Å². The Morgan fingerprint density at radius 2 is 0.761 bits per heavy atom. The summed E-state index contributed by atoms with van der Waals surface area (Å²) in [6.45, 7) is 5.47. The van der Waals surface area contributed by atoms with Gasteiger partial charge in [-0.25, -0.2) is 14.4 Å². The third-order valence-corrected chi connectivity index (χ3v) is 21.4. The highest BCUT2D eigenvalue weighted by molar-refractivity contribution is 6.43. The molecule has 25 heteroatoms. The Morgan fingerprint density at radius 3 is 1.18 bits per heavy atom. The number of carbonyl (C=O) groups is 7. The molecule has 0 saturated carbocycles. The van der Waals surface area contributed by atoms with Gasteiger partial charge in [0.1, 0.15) is 0 Å². The SMILES string of the molecule is CCCCOC(=O)c1cnc2c3ccc(C(=O)Oc4c(Cl)cc(Cl)cc4Cl)c4c(CCCC)cnc(c5ccc(C(=O)Oc6c(Cl)cc(Cl)cc6Cl)c1c52)c43.NCCc1ccccc1.O=C1c2ccc3c4ncc5c6c(ccc(c7ncc(c2c37)C(=O)N1CCc1ccccc1)c64)C(=O)N(CCc1ccccc1)C5=O.O=C=O. The molecule has 0 spiro atoms. The Labute approximate surface area is 675 Å². The van der Waals surface area contributed by atoms with Gasteiger partial charge in [-0.15, -0.1) is 0 Å². The number of benzene rings is 11. The number of unbranched alkanes of at least 4 members (excludes halogenated alkanes) is 2. The Hall–Kier alpha value is -11.6. The molecule has 19 nitrogen and oxygen atoms in total. The summed E-state index contributed by atoms with van der Waals surface area (Å²) in [5, 5.41) is 7.79. The largest absolute Gasteiger partial charge is 0.462 e. The van der Waals surface area contributed by atoms with Gasteiger partial charge in [0, 0.05) is 124 Å². The maximum Gasteiger partial charge on any atom is 0.373 e. The number of aromatic nitrogens is 4. The number of pyridine rings is 4. The molecule has 2 aliphatic rings. The number of rotatable bonds is 19. The maximum atomic E-state index is 14.1. The first-order chi connectivity index (χ1) is 54.8. The van der Waals surface area contributed by atoms with E-state index >= 15 is 0 Å². The molecule has 17 rings (SSSR count). The number of esters is 3. The van der Waals surface area contributed by atoms with Crippen LogP contribution in [0.1, 0.15) is 134 Å². The number of aryl methyl sites for hydroxylation is 1. The highest BCUT2D eigenvalue weighted by Gasteiger charge is 2.38. The second-order valence-electron chi connectivity index (χ2n) is 26.7. The second-order valence-corrected chi connectivity index (χ2v) is 29.2. The fourth-order valence-corrected chi connectivity index (χ4v) is 16.4. The first-order valence-corrected chi connectivity index (χ1v) is 38.3. The van der Waals surface area contributed by atoms with E-state index < -0.39 is 17.9 Å². The Bertz CT molecular complexity index is 6030. The van der Waals surface area contributed by atoms with Crippen LogP contribution in [0.2, 0.25) is 30.1 Å². The predicted molar refractivity (Wildman–Crippen MR) is 438 cm³/mol. The first kappa shape index (κ1) is 78.1. The van der Waals surface area contributed by atoms with Crippen LogP contribution < -0.4 is 15.2 Å². The number of nitrogens with two attached hydrogens (primary N) is 1. The average molecular weight is 1620 g/mol. The summed E-state index contributed by atoms with van der Waals surface area (Å²) >= 11 is 37.7. The van der Waals surface area contributed by atoms with E-state index in [4.69, 9.17) is 119 Å². The number of fused-ring (bicyclic) bond motifs is 4. The zero-order valence-corrected chi connectivity index (χ0v) is 64.8. The molecule has 2 N–H and O–H groups in total. The van der Waals surface area contributed by atoms with E-state index in [0.29, 0.717) is 129 Å². The molecule has 15 aromatic rings. The van der Waals surface area contributed by atoms with E-state index in [1.807, 2.05) is 97.9 Å². The summed E-state index contributed by atoms with van der Waals surface area (Å²) in [6.07, 6.45) is 12.3. The summed E-state index contributed by atoms with van der Waals surface area (Å²) in [4.78, 5) is 135. The van der Waals surface area contributed by atoms with Crippen molar-refractivity contribution in [1.82, 2.24) is 29.7 Å². The molecule has 0 saturated heterocycles. The van der Waals surface area contributed by atoms with Gasteiger partial charge in [0.05, 0.1) is 76.6 Å². The summed E-state index contributed by atoms with van der Waals surface area (Å²) < 4.78 is 17.2. The molecule has 0 bridgehead atoms. The zero-order valence-electron chi connectivity index (χ0n) is 60.3. The van der Waals surface area contributed by atoms with Crippen LogP contribution in [-0.2, 0) is 40.0 Å². The third-order valence-electron chi connectivity index (χ3n) is 19.9. The van der Waals surface area contributed by atoms with E-state index in [1.54, 1.807) is 48.9 Å². The van der Waals surface area contributed by atoms with Gasteiger partial charge in [-0.3, -0.25) is 48.9 Å². The number of nitrogens with zero attached hydrogens (tertiary/aromatic N) is 6. The van der Waals surface area contributed by atoms with Crippen LogP contribution >= 0.6 is 69.6 Å². The van der Waals surface area contributed by atoms with Gasteiger partial charge in [-0.2, -0.15) is 9.59 Å². The number of hydrogen-bond acceptors (Lipinski definition) is 17. The topological polar surface area (TPSA) is 265 Å². The van der Waals surface area contributed by atoms with E-state index in [9.17, 15) is 33.6 Å². The average Bonchev–Trinajstić information content (AvgIpc) is 0.698. The minimum Gasteiger partial charge on any atom is -0.462 e. The molecule has 0 aliphatic carbocycles. The highest BCUT2D eigenvalue weighted by atomic mass is 35.5. The fourth-order valence-electron chi connectivity index (χ4n) is 14.6. The molecular formula is C88H63Cl6N7O12. The monoisotopic (exact) mass is 1620 g/mol. The van der Waals surface area contributed by atoms with Crippen molar-refractivity contribution in [2.45, 2.75) is 65.2 Å². The van der Waals surface area contributed by atoms with E-state index in [-0.39, 0.29) is 113 Å². The maximum absolute atomic E-state index is 14.1. The van der Waals surface area contributed by atoms with Crippen molar-refractivity contribution in [3.8, 4) is 11.5 Å². The van der Waals surface area contributed by atoms with E-state index in [2.05, 4.69) is 19.1 Å². The van der Waals surface area contributed by atoms with Crippen molar-refractivity contribution in [2.75, 3.05) is 26.2 Å². The minimum absolute atomic E-state index is 0.0214. The molecule has 6 heterocycles. The summed E-state index contributed by atoms with van der Waals surface area (Å²) in [7, 11) is 0. The van der Waals surface area contributed by atoms with Crippen molar-refractivity contribution in [3.63, 3.8) is 0 Å². The van der Waals surface area contributed by atoms with Crippen LogP contribution in [0.5, 0.6) is 11.5 Å². The van der Waals surface area contributed by atoms with Gasteiger partial charge in [0.15, 0.2) is 11.5 Å². The molecule has 4 amide bonds. The van der Waals surface area contributed by atoms with Crippen LogP contribution in [-0.4, -0.2) is 104 Å². The lowest BCUT2D eigenvalue weighted by Crippen LogP contribution is -2.41. The van der Waals surface area contributed by atoms with Gasteiger partial charge >= 0.3 is 24.1 Å². The van der Waals surface area contributed by atoms with Gasteiger partial charge in [-0.05, 0) is 116 Å². The van der Waals surface area contributed by atoms with Crippen molar-refractivity contribution in [1.29, 1.82) is 0 Å². The number of imide groups is 2. The molecule has 11 aromatic carbocycles. The lowest BCUT2D eigenvalue weighted by molar-refractivity contribution is -0.191. The van der Waals surface area contributed by atoms with Gasteiger partial charge < -0.3 is 19.9 Å². The Morgan fingerprint density at radius 1 is 0.398 bits per heavy atom. The molecule has 0 fully saturated rings. The third kappa shape index (κ3) is 15.0. The predicted octanol–water partition coefficient (Wildman–Crippen LogP) is 20.0. The van der Waals surface area contributed by atoms with Crippen LogP contribution in [0, 0.1) is 0 Å². The summed E-state index contributed by atoms with van der Waals surface area (Å²) in [6, 6.07) is 49.2. The van der Waals surface area contributed by atoms with Crippen molar-refractivity contribution in [3.05, 3.63) is 280 Å². The first-order valence-electron chi connectivity index (χ1n) is 36.1. The second kappa shape index (κ2) is 33.8. The molecule has 4 aromatic heterocycles.